The van der Waals surface area contributed by atoms with Crippen molar-refractivity contribution >= 4 is 23.4 Å². The summed E-state index contributed by atoms with van der Waals surface area (Å²) in [5, 5.41) is 9.75. The van der Waals surface area contributed by atoms with Gasteiger partial charge in [0.25, 0.3) is 0 Å². The molecule has 1 aromatic heterocycles. The number of thiazole rings is 1. The van der Waals surface area contributed by atoms with Crippen LogP contribution in [0.25, 0.3) is 6.08 Å². The summed E-state index contributed by atoms with van der Waals surface area (Å²) in [6.07, 6.45) is 5.75. The van der Waals surface area contributed by atoms with Gasteiger partial charge in [0.2, 0.25) is 0 Å². The molecule has 0 aromatic carbocycles. The number of carboxylic acid groups (broad SMARTS) is 1. The Morgan fingerprint density at radius 3 is 2.76 bits per heavy atom. The van der Waals surface area contributed by atoms with E-state index in [2.05, 4.69) is 25.8 Å². The highest BCUT2D eigenvalue weighted by molar-refractivity contribution is 7.12. The van der Waals surface area contributed by atoms with Gasteiger partial charge in [0.1, 0.15) is 0 Å². The fourth-order valence-corrected chi connectivity index (χ4v) is 2.77. The fourth-order valence-electron chi connectivity index (χ4n) is 1.54. The smallest absolute Gasteiger partial charge is 0.328 e. The van der Waals surface area contributed by atoms with Gasteiger partial charge in [-0.25, -0.2) is 9.78 Å². The lowest BCUT2D eigenvalue weighted by molar-refractivity contribution is -0.131. The van der Waals surface area contributed by atoms with Gasteiger partial charge in [-0.15, -0.1) is 11.3 Å². The zero-order valence-electron chi connectivity index (χ0n) is 10.6. The lowest BCUT2D eigenvalue weighted by Gasteiger charge is -1.98. The average Bonchev–Trinajstić information content (AvgIpc) is 2.57. The first kappa shape index (κ1) is 13.9. The molecular weight excluding hydrogens is 234 g/mol. The minimum atomic E-state index is -0.911. The predicted octanol–water partition coefficient (Wildman–Crippen LogP) is 3.39. The molecule has 17 heavy (non-hydrogen) atoms. The minimum Gasteiger partial charge on any atom is -0.478 e. The fraction of sp³-hybridized carbons (Fsp3) is 0.538. The van der Waals surface area contributed by atoms with Crippen molar-refractivity contribution in [3.63, 3.8) is 0 Å². The second-order valence-corrected chi connectivity index (χ2v) is 5.55. The molecule has 0 fully saturated rings. The van der Waals surface area contributed by atoms with Crippen LogP contribution in [0.2, 0.25) is 0 Å². The SMILES string of the molecule is CCCc1nc(CC(C)C)sc1/C=C/C(=O)O. The van der Waals surface area contributed by atoms with Crippen molar-refractivity contribution in [1.29, 1.82) is 0 Å². The molecule has 0 aliphatic carbocycles. The number of aliphatic carboxylic acids is 1. The van der Waals surface area contributed by atoms with Crippen LogP contribution in [0.4, 0.5) is 0 Å². The van der Waals surface area contributed by atoms with Gasteiger partial charge in [0, 0.05) is 12.5 Å². The molecule has 0 saturated carbocycles. The van der Waals surface area contributed by atoms with E-state index >= 15 is 0 Å². The molecule has 0 aliphatic heterocycles. The molecular formula is C13H19NO2S. The molecule has 4 heteroatoms. The van der Waals surface area contributed by atoms with E-state index in [1.807, 2.05) is 0 Å². The zero-order valence-corrected chi connectivity index (χ0v) is 11.4. The average molecular weight is 253 g/mol. The first-order chi connectivity index (χ1) is 8.02. The van der Waals surface area contributed by atoms with Crippen molar-refractivity contribution in [2.75, 3.05) is 0 Å². The highest BCUT2D eigenvalue weighted by Gasteiger charge is 2.09. The monoisotopic (exact) mass is 253 g/mol. The maximum atomic E-state index is 10.5. The lowest BCUT2D eigenvalue weighted by atomic mass is 10.1. The first-order valence-corrected chi connectivity index (χ1v) is 6.74. The predicted molar refractivity (Wildman–Crippen MR) is 71.3 cm³/mol. The Hall–Kier alpha value is -1.16. The van der Waals surface area contributed by atoms with Crippen molar-refractivity contribution in [2.24, 2.45) is 5.92 Å². The summed E-state index contributed by atoms with van der Waals surface area (Å²) >= 11 is 1.61. The summed E-state index contributed by atoms with van der Waals surface area (Å²) in [4.78, 5) is 16.1. The van der Waals surface area contributed by atoms with Crippen molar-refractivity contribution in [2.45, 2.75) is 40.0 Å². The number of nitrogens with zero attached hydrogens (tertiary/aromatic N) is 1. The third kappa shape index (κ3) is 4.69. The summed E-state index contributed by atoms with van der Waals surface area (Å²) in [6.45, 7) is 6.42. The van der Waals surface area contributed by atoms with E-state index in [1.165, 1.54) is 6.08 Å². The summed E-state index contributed by atoms with van der Waals surface area (Å²) in [6, 6.07) is 0. The topological polar surface area (TPSA) is 50.2 Å². The van der Waals surface area contributed by atoms with Gasteiger partial charge in [-0.2, -0.15) is 0 Å². The Balaban J connectivity index is 2.92. The number of carbonyl (C=O) groups is 1. The van der Waals surface area contributed by atoms with Crippen LogP contribution in [0, 0.1) is 5.92 Å². The standard InChI is InChI=1S/C13H19NO2S/c1-4-5-10-11(6-7-13(15)16)17-12(14-10)8-9(2)3/h6-7,9H,4-5,8H2,1-3H3,(H,15,16)/b7-6+. The molecule has 0 radical (unpaired) electrons. The number of aryl methyl sites for hydroxylation is 1. The van der Waals surface area contributed by atoms with Crippen molar-refractivity contribution < 1.29 is 9.90 Å². The normalized spacial score (nSPS) is 11.5. The number of hydrogen-bond donors (Lipinski definition) is 1. The summed E-state index contributed by atoms with van der Waals surface area (Å²) < 4.78 is 0. The van der Waals surface area contributed by atoms with Crippen LogP contribution in [0.5, 0.6) is 0 Å². The zero-order chi connectivity index (χ0) is 12.8. The number of aromatic nitrogens is 1. The van der Waals surface area contributed by atoms with E-state index in [9.17, 15) is 4.79 Å². The molecule has 0 saturated heterocycles. The number of hydrogen-bond acceptors (Lipinski definition) is 3. The van der Waals surface area contributed by atoms with E-state index in [0.717, 1.165) is 34.8 Å². The van der Waals surface area contributed by atoms with E-state index in [1.54, 1.807) is 17.4 Å². The Morgan fingerprint density at radius 2 is 2.24 bits per heavy atom. The summed E-state index contributed by atoms with van der Waals surface area (Å²) in [5.41, 5.74) is 1.03. The number of rotatable bonds is 6. The van der Waals surface area contributed by atoms with Crippen LogP contribution in [0.15, 0.2) is 6.08 Å². The quantitative estimate of drug-likeness (QED) is 0.791. The molecule has 0 aliphatic rings. The Morgan fingerprint density at radius 1 is 1.53 bits per heavy atom. The molecule has 0 amide bonds. The maximum Gasteiger partial charge on any atom is 0.328 e. The molecule has 0 spiro atoms. The molecule has 1 rings (SSSR count). The van der Waals surface area contributed by atoms with Crippen molar-refractivity contribution in [3.8, 4) is 0 Å². The van der Waals surface area contributed by atoms with Crippen molar-refractivity contribution in [3.05, 3.63) is 21.7 Å². The molecule has 0 atom stereocenters. The van der Waals surface area contributed by atoms with Gasteiger partial charge >= 0.3 is 5.97 Å². The largest absolute Gasteiger partial charge is 0.478 e. The molecule has 3 nitrogen and oxygen atoms in total. The van der Waals surface area contributed by atoms with E-state index < -0.39 is 5.97 Å². The second-order valence-electron chi connectivity index (χ2n) is 4.44. The van der Waals surface area contributed by atoms with Gasteiger partial charge in [0.05, 0.1) is 15.6 Å². The molecule has 0 unspecified atom stereocenters. The number of carboxylic acids is 1. The van der Waals surface area contributed by atoms with Gasteiger partial charge in [-0.05, 0) is 18.4 Å². The highest BCUT2D eigenvalue weighted by Crippen LogP contribution is 2.23. The molecule has 0 bridgehead atoms. The van der Waals surface area contributed by atoms with Gasteiger partial charge in [-0.3, -0.25) is 0 Å². The summed E-state index contributed by atoms with van der Waals surface area (Å²) in [7, 11) is 0. The van der Waals surface area contributed by atoms with Crippen LogP contribution in [0.1, 0.15) is 42.8 Å². The minimum absolute atomic E-state index is 0.576. The Bertz CT molecular complexity index is 408. The Labute approximate surface area is 106 Å². The van der Waals surface area contributed by atoms with Gasteiger partial charge in [0.15, 0.2) is 0 Å². The molecule has 1 heterocycles. The summed E-state index contributed by atoms with van der Waals surface area (Å²) in [5.74, 6) is -0.335. The molecule has 1 aromatic rings. The lowest BCUT2D eigenvalue weighted by Crippen LogP contribution is -1.94. The van der Waals surface area contributed by atoms with Crippen LogP contribution >= 0.6 is 11.3 Å². The van der Waals surface area contributed by atoms with Crippen LogP contribution in [-0.2, 0) is 17.6 Å². The Kier molecular flexibility index (Phi) is 5.35. The molecule has 94 valence electrons. The first-order valence-electron chi connectivity index (χ1n) is 5.92. The maximum absolute atomic E-state index is 10.5. The molecule has 1 N–H and O–H groups in total. The third-order valence-electron chi connectivity index (χ3n) is 2.22. The van der Waals surface area contributed by atoms with E-state index in [-0.39, 0.29) is 0 Å². The van der Waals surface area contributed by atoms with Crippen LogP contribution in [0.3, 0.4) is 0 Å². The van der Waals surface area contributed by atoms with Crippen molar-refractivity contribution in [1.82, 2.24) is 4.98 Å². The van der Waals surface area contributed by atoms with Crippen LogP contribution in [-0.4, -0.2) is 16.1 Å². The van der Waals surface area contributed by atoms with Crippen LogP contribution < -0.4 is 0 Å². The van der Waals surface area contributed by atoms with Gasteiger partial charge < -0.3 is 5.11 Å². The van der Waals surface area contributed by atoms with E-state index in [0.29, 0.717) is 5.92 Å². The third-order valence-corrected chi connectivity index (χ3v) is 3.30. The second kappa shape index (κ2) is 6.55. The van der Waals surface area contributed by atoms with Gasteiger partial charge in [-0.1, -0.05) is 27.2 Å². The highest BCUT2D eigenvalue weighted by atomic mass is 32.1. The van der Waals surface area contributed by atoms with E-state index in [4.69, 9.17) is 5.11 Å².